The molecule has 1 rings (SSSR count). The van der Waals surface area contributed by atoms with E-state index in [-0.39, 0.29) is 5.41 Å². The minimum atomic E-state index is -0.395. The summed E-state index contributed by atoms with van der Waals surface area (Å²) in [7, 11) is 0. The topological polar surface area (TPSA) is 52.6 Å². The Morgan fingerprint density at radius 3 is 1.52 bits per heavy atom. The molecule has 2 atom stereocenters. The van der Waals surface area contributed by atoms with Crippen molar-refractivity contribution in [2.45, 2.75) is 106 Å². The zero-order valence-corrected chi connectivity index (χ0v) is 20.9. The highest BCUT2D eigenvalue weighted by Crippen LogP contribution is 2.33. The number of unbranched alkanes of at least 4 members (excludes halogenated alkanes) is 2. The van der Waals surface area contributed by atoms with Crippen molar-refractivity contribution in [1.29, 1.82) is 0 Å². The highest BCUT2D eigenvalue weighted by atomic mass is 16.5. The van der Waals surface area contributed by atoms with Crippen LogP contribution in [0, 0.1) is 17.3 Å². The predicted octanol–water partition coefficient (Wildman–Crippen LogP) is 7.18. The molecule has 2 unspecified atom stereocenters. The van der Waals surface area contributed by atoms with Crippen molar-refractivity contribution in [3.63, 3.8) is 0 Å². The van der Waals surface area contributed by atoms with Crippen LogP contribution < -0.4 is 0 Å². The minimum Gasteiger partial charge on any atom is -0.462 e. The molecule has 0 saturated heterocycles. The van der Waals surface area contributed by atoms with E-state index in [0.29, 0.717) is 36.2 Å². The molecule has 0 radical (unpaired) electrons. The van der Waals surface area contributed by atoms with E-state index in [9.17, 15) is 9.59 Å². The van der Waals surface area contributed by atoms with Gasteiger partial charge in [-0.15, -0.1) is 0 Å². The minimum absolute atomic E-state index is 0.00623. The SMILES string of the molecule is CCCCC(CC)COC(=O)C1=CCC(C)(C)CC=C1C(=O)OCC(CC)CCCC. The van der Waals surface area contributed by atoms with Gasteiger partial charge in [0.05, 0.1) is 24.4 Å². The fraction of sp³-hybridized carbons (Fsp3) is 0.778. The van der Waals surface area contributed by atoms with Gasteiger partial charge in [0.25, 0.3) is 0 Å². The van der Waals surface area contributed by atoms with E-state index in [1.54, 1.807) is 0 Å². The summed E-state index contributed by atoms with van der Waals surface area (Å²) < 4.78 is 11.4. The molecule has 0 aromatic rings. The quantitative estimate of drug-likeness (QED) is 0.272. The summed E-state index contributed by atoms with van der Waals surface area (Å²) in [5.41, 5.74) is 0.748. The standard InChI is InChI=1S/C27H46O4/c1-7-11-13-21(9-3)19-30-25(28)23-15-17-27(5,6)18-16-24(23)26(29)31-20-22(10-4)14-12-8-2/h15-16,21-22H,7-14,17-20H2,1-6H3. The Hall–Kier alpha value is -1.58. The molecule has 0 heterocycles. The second-order valence-corrected chi connectivity index (χ2v) is 9.84. The largest absolute Gasteiger partial charge is 0.462 e. The van der Waals surface area contributed by atoms with Crippen molar-refractivity contribution in [2.24, 2.45) is 17.3 Å². The molecular weight excluding hydrogens is 388 g/mol. The Morgan fingerprint density at radius 1 is 0.806 bits per heavy atom. The molecule has 0 spiro atoms. The molecule has 0 N–H and O–H groups in total. The maximum Gasteiger partial charge on any atom is 0.338 e. The zero-order valence-electron chi connectivity index (χ0n) is 20.9. The van der Waals surface area contributed by atoms with E-state index >= 15 is 0 Å². The molecule has 178 valence electrons. The molecule has 0 amide bonds. The first-order valence-corrected chi connectivity index (χ1v) is 12.5. The van der Waals surface area contributed by atoms with Gasteiger partial charge in [-0.05, 0) is 42.9 Å². The van der Waals surface area contributed by atoms with E-state index in [0.717, 1.165) is 64.2 Å². The first kappa shape index (κ1) is 27.5. The lowest BCUT2D eigenvalue weighted by molar-refractivity contribution is -0.144. The smallest absolute Gasteiger partial charge is 0.338 e. The third kappa shape index (κ3) is 10.1. The molecule has 1 aliphatic carbocycles. The van der Waals surface area contributed by atoms with E-state index in [1.807, 2.05) is 12.2 Å². The predicted molar refractivity (Wildman–Crippen MR) is 128 cm³/mol. The maximum absolute atomic E-state index is 13.0. The average Bonchev–Trinajstić information content (AvgIpc) is 2.91. The van der Waals surface area contributed by atoms with Crippen molar-refractivity contribution in [1.82, 2.24) is 0 Å². The van der Waals surface area contributed by atoms with Crippen LogP contribution in [-0.4, -0.2) is 25.2 Å². The second-order valence-electron chi connectivity index (χ2n) is 9.84. The third-order valence-electron chi connectivity index (χ3n) is 6.43. The van der Waals surface area contributed by atoms with Gasteiger partial charge in [0.15, 0.2) is 0 Å². The number of ether oxygens (including phenoxy) is 2. The number of carbonyl (C=O) groups excluding carboxylic acids is 2. The van der Waals surface area contributed by atoms with Gasteiger partial charge >= 0.3 is 11.9 Å². The van der Waals surface area contributed by atoms with E-state index in [4.69, 9.17) is 9.47 Å². The molecular formula is C27H46O4. The van der Waals surface area contributed by atoms with Crippen molar-refractivity contribution in [3.8, 4) is 0 Å². The Labute approximate surface area is 190 Å². The fourth-order valence-electron chi connectivity index (χ4n) is 3.79. The zero-order chi connectivity index (χ0) is 23.3. The van der Waals surface area contributed by atoms with Gasteiger partial charge in [0.1, 0.15) is 0 Å². The maximum atomic E-state index is 13.0. The van der Waals surface area contributed by atoms with Gasteiger partial charge in [-0.2, -0.15) is 0 Å². The molecule has 0 fully saturated rings. The number of hydrogen-bond acceptors (Lipinski definition) is 4. The lowest BCUT2D eigenvalue weighted by Crippen LogP contribution is -2.21. The molecule has 0 bridgehead atoms. The molecule has 1 aliphatic rings. The van der Waals surface area contributed by atoms with Gasteiger partial charge in [-0.1, -0.05) is 92.2 Å². The average molecular weight is 435 g/mol. The highest BCUT2D eigenvalue weighted by Gasteiger charge is 2.29. The van der Waals surface area contributed by atoms with Crippen LogP contribution in [0.15, 0.2) is 23.3 Å². The Balaban J connectivity index is 2.87. The molecule has 4 nitrogen and oxygen atoms in total. The van der Waals surface area contributed by atoms with Crippen LogP contribution in [0.3, 0.4) is 0 Å². The second kappa shape index (κ2) is 14.5. The van der Waals surface area contributed by atoms with E-state index in [2.05, 4.69) is 41.5 Å². The van der Waals surface area contributed by atoms with Crippen LogP contribution in [0.25, 0.3) is 0 Å². The molecule has 31 heavy (non-hydrogen) atoms. The number of rotatable bonds is 14. The molecule has 0 saturated carbocycles. The van der Waals surface area contributed by atoms with Gasteiger partial charge in [0.2, 0.25) is 0 Å². The van der Waals surface area contributed by atoms with Crippen LogP contribution in [0.4, 0.5) is 0 Å². The number of allylic oxidation sites excluding steroid dienone is 2. The highest BCUT2D eigenvalue weighted by molar-refractivity contribution is 6.07. The first-order valence-electron chi connectivity index (χ1n) is 12.5. The van der Waals surface area contributed by atoms with Crippen LogP contribution >= 0.6 is 0 Å². The lowest BCUT2D eigenvalue weighted by Gasteiger charge is -2.19. The number of carbonyl (C=O) groups is 2. The Bertz CT molecular complexity index is 563. The van der Waals surface area contributed by atoms with Gasteiger partial charge < -0.3 is 9.47 Å². The molecule has 0 aromatic heterocycles. The van der Waals surface area contributed by atoms with Crippen molar-refractivity contribution in [3.05, 3.63) is 23.3 Å². The van der Waals surface area contributed by atoms with Crippen LogP contribution in [0.5, 0.6) is 0 Å². The summed E-state index contributed by atoms with van der Waals surface area (Å²) in [6.07, 6.45) is 13.9. The summed E-state index contributed by atoms with van der Waals surface area (Å²) in [4.78, 5) is 25.9. The monoisotopic (exact) mass is 434 g/mol. The first-order chi connectivity index (χ1) is 14.8. The van der Waals surface area contributed by atoms with E-state index in [1.165, 1.54) is 0 Å². The van der Waals surface area contributed by atoms with Crippen molar-refractivity contribution < 1.29 is 19.1 Å². The summed E-state index contributed by atoms with van der Waals surface area (Å²) in [6.45, 7) is 13.7. The Kier molecular flexibility index (Phi) is 12.8. The van der Waals surface area contributed by atoms with E-state index < -0.39 is 11.9 Å². The Morgan fingerprint density at radius 2 is 1.19 bits per heavy atom. The van der Waals surface area contributed by atoms with Crippen LogP contribution in [0.2, 0.25) is 0 Å². The summed E-state index contributed by atoms with van der Waals surface area (Å²) in [5.74, 6) is -0.0484. The summed E-state index contributed by atoms with van der Waals surface area (Å²) in [5, 5.41) is 0. The van der Waals surface area contributed by atoms with Crippen molar-refractivity contribution in [2.75, 3.05) is 13.2 Å². The van der Waals surface area contributed by atoms with Gasteiger partial charge in [-0.3, -0.25) is 0 Å². The third-order valence-corrected chi connectivity index (χ3v) is 6.43. The normalized spacial score (nSPS) is 17.7. The summed E-state index contributed by atoms with van der Waals surface area (Å²) >= 11 is 0. The molecule has 4 heteroatoms. The fourth-order valence-corrected chi connectivity index (χ4v) is 3.79. The van der Waals surface area contributed by atoms with Crippen molar-refractivity contribution >= 4 is 11.9 Å². The van der Waals surface area contributed by atoms with Crippen LogP contribution in [-0.2, 0) is 19.1 Å². The van der Waals surface area contributed by atoms with Crippen LogP contribution in [0.1, 0.15) is 106 Å². The molecule has 0 aromatic carbocycles. The lowest BCUT2D eigenvalue weighted by atomic mass is 9.86. The summed E-state index contributed by atoms with van der Waals surface area (Å²) in [6, 6.07) is 0. The number of esters is 2. The van der Waals surface area contributed by atoms with Gasteiger partial charge in [-0.25, -0.2) is 9.59 Å². The van der Waals surface area contributed by atoms with Gasteiger partial charge in [0, 0.05) is 0 Å². The molecule has 0 aliphatic heterocycles. The number of hydrogen-bond donors (Lipinski definition) is 0.